The quantitative estimate of drug-likeness (QED) is 0.740. The first-order valence-corrected chi connectivity index (χ1v) is 8.00. The number of rotatable bonds is 3. The number of pyridine rings is 1. The highest BCUT2D eigenvalue weighted by molar-refractivity contribution is 7.08. The van der Waals surface area contributed by atoms with E-state index in [9.17, 15) is 0 Å². The minimum absolute atomic E-state index is 0.543. The summed E-state index contributed by atoms with van der Waals surface area (Å²) in [5.74, 6) is 2.04. The van der Waals surface area contributed by atoms with Crippen LogP contribution in [0.15, 0.2) is 39.7 Å². The van der Waals surface area contributed by atoms with E-state index in [-0.39, 0.29) is 0 Å². The zero-order chi connectivity index (χ0) is 14.8. The van der Waals surface area contributed by atoms with E-state index in [1.54, 1.807) is 17.5 Å². The minimum atomic E-state index is 0.543. The van der Waals surface area contributed by atoms with E-state index >= 15 is 0 Å². The molecule has 6 nitrogen and oxygen atoms in total. The molecule has 0 unspecified atom stereocenters. The Morgan fingerprint density at radius 3 is 2.86 bits per heavy atom. The first kappa shape index (κ1) is 13.4. The van der Waals surface area contributed by atoms with E-state index in [1.807, 2.05) is 29.0 Å². The molecule has 3 aromatic rings. The summed E-state index contributed by atoms with van der Waals surface area (Å²) in [6, 6.07) is 5.85. The lowest BCUT2D eigenvalue weighted by atomic mass is 10.2. The number of nitrogens with zero attached hydrogens (tertiary/aromatic N) is 4. The largest absolute Gasteiger partial charge is 0.378 e. The molecule has 0 amide bonds. The molecular formula is C15H14N4O2S. The monoisotopic (exact) mass is 314 g/mol. The van der Waals surface area contributed by atoms with Crippen LogP contribution in [0.3, 0.4) is 0 Å². The molecule has 0 atom stereocenters. The summed E-state index contributed by atoms with van der Waals surface area (Å²) in [6.07, 6.45) is 1.78. The fourth-order valence-corrected chi connectivity index (χ4v) is 3.00. The van der Waals surface area contributed by atoms with Crippen LogP contribution >= 0.6 is 11.3 Å². The first-order chi connectivity index (χ1) is 10.9. The normalized spacial score (nSPS) is 15.2. The molecule has 0 saturated carbocycles. The van der Waals surface area contributed by atoms with Crippen LogP contribution in [-0.4, -0.2) is 41.4 Å². The van der Waals surface area contributed by atoms with Crippen molar-refractivity contribution in [1.29, 1.82) is 0 Å². The summed E-state index contributed by atoms with van der Waals surface area (Å²) in [7, 11) is 0. The van der Waals surface area contributed by atoms with Gasteiger partial charge in [0, 0.05) is 30.2 Å². The molecule has 4 rings (SSSR count). The van der Waals surface area contributed by atoms with Gasteiger partial charge in [-0.05, 0) is 23.6 Å². The molecule has 0 N–H and O–H groups in total. The molecule has 0 radical (unpaired) electrons. The van der Waals surface area contributed by atoms with Crippen LogP contribution in [-0.2, 0) is 4.74 Å². The summed E-state index contributed by atoms with van der Waals surface area (Å²) in [5.41, 5.74) is 1.85. The summed E-state index contributed by atoms with van der Waals surface area (Å²) >= 11 is 1.60. The molecule has 1 aliphatic heterocycles. The summed E-state index contributed by atoms with van der Waals surface area (Å²) in [4.78, 5) is 11.1. The lowest BCUT2D eigenvalue weighted by molar-refractivity contribution is 0.122. The van der Waals surface area contributed by atoms with Gasteiger partial charge in [0.15, 0.2) is 0 Å². The third-order valence-electron chi connectivity index (χ3n) is 3.53. The van der Waals surface area contributed by atoms with Crippen LogP contribution in [0, 0.1) is 0 Å². The van der Waals surface area contributed by atoms with Gasteiger partial charge in [-0.2, -0.15) is 16.3 Å². The smallest absolute Gasteiger partial charge is 0.259 e. The molecule has 4 heterocycles. The molecule has 1 saturated heterocycles. The Hall–Kier alpha value is -2.25. The van der Waals surface area contributed by atoms with Gasteiger partial charge in [-0.15, -0.1) is 0 Å². The highest BCUT2D eigenvalue weighted by Gasteiger charge is 2.15. The lowest BCUT2D eigenvalue weighted by Crippen LogP contribution is -2.36. The second-order valence-electron chi connectivity index (χ2n) is 4.94. The molecule has 0 bridgehead atoms. The van der Waals surface area contributed by atoms with Crippen molar-refractivity contribution >= 4 is 17.2 Å². The highest BCUT2D eigenvalue weighted by atomic mass is 32.1. The standard InChI is InChI=1S/C15H14N4O2S/c1-3-16-13(19-4-6-20-7-5-19)9-11(1)14-17-15(21-18-14)12-2-8-22-10-12/h1-3,8-10H,4-7H2. The number of hydrogen-bond acceptors (Lipinski definition) is 7. The van der Waals surface area contributed by atoms with Crippen LogP contribution in [0.1, 0.15) is 0 Å². The summed E-state index contributed by atoms with van der Waals surface area (Å²) < 4.78 is 10.7. The van der Waals surface area contributed by atoms with Gasteiger partial charge in [-0.3, -0.25) is 0 Å². The minimum Gasteiger partial charge on any atom is -0.378 e. The van der Waals surface area contributed by atoms with Gasteiger partial charge >= 0.3 is 0 Å². The topological polar surface area (TPSA) is 64.3 Å². The second kappa shape index (κ2) is 5.86. The van der Waals surface area contributed by atoms with Gasteiger partial charge in [0.25, 0.3) is 5.89 Å². The number of thiophene rings is 1. The molecule has 7 heteroatoms. The Kier molecular flexibility index (Phi) is 3.57. The van der Waals surface area contributed by atoms with Crippen molar-refractivity contribution in [2.24, 2.45) is 0 Å². The van der Waals surface area contributed by atoms with E-state index in [0.717, 1.165) is 43.2 Å². The number of aromatic nitrogens is 3. The molecule has 112 valence electrons. The van der Waals surface area contributed by atoms with Crippen molar-refractivity contribution in [3.05, 3.63) is 35.2 Å². The van der Waals surface area contributed by atoms with Crippen LogP contribution in [0.4, 0.5) is 5.82 Å². The molecule has 0 aromatic carbocycles. The van der Waals surface area contributed by atoms with Gasteiger partial charge < -0.3 is 14.2 Å². The Bertz CT molecular complexity index is 751. The van der Waals surface area contributed by atoms with Gasteiger partial charge in [0.1, 0.15) is 5.82 Å². The highest BCUT2D eigenvalue weighted by Crippen LogP contribution is 2.25. The molecule has 3 aromatic heterocycles. The van der Waals surface area contributed by atoms with E-state index in [4.69, 9.17) is 9.26 Å². The number of ether oxygens (including phenoxy) is 1. The van der Waals surface area contributed by atoms with E-state index in [0.29, 0.717) is 11.7 Å². The van der Waals surface area contributed by atoms with Crippen LogP contribution in [0.2, 0.25) is 0 Å². The Morgan fingerprint density at radius 2 is 2.05 bits per heavy atom. The van der Waals surface area contributed by atoms with Crippen molar-refractivity contribution < 1.29 is 9.26 Å². The van der Waals surface area contributed by atoms with Crippen molar-refractivity contribution in [3.63, 3.8) is 0 Å². The maximum atomic E-state index is 5.37. The predicted molar refractivity (Wildman–Crippen MR) is 83.9 cm³/mol. The number of anilines is 1. The SMILES string of the molecule is c1cc(-c2noc(-c3ccsc3)n2)cc(N2CCOCC2)n1. The first-order valence-electron chi connectivity index (χ1n) is 7.05. The third-order valence-corrected chi connectivity index (χ3v) is 4.22. The average molecular weight is 314 g/mol. The zero-order valence-electron chi connectivity index (χ0n) is 11.8. The average Bonchev–Trinajstić information content (AvgIpc) is 3.27. The molecule has 0 aliphatic carbocycles. The lowest BCUT2D eigenvalue weighted by Gasteiger charge is -2.27. The van der Waals surface area contributed by atoms with Gasteiger partial charge in [0.05, 0.1) is 18.8 Å². The molecule has 1 aliphatic rings. The van der Waals surface area contributed by atoms with E-state index in [2.05, 4.69) is 20.0 Å². The van der Waals surface area contributed by atoms with Gasteiger partial charge in [-0.1, -0.05) is 5.16 Å². The van der Waals surface area contributed by atoms with E-state index < -0.39 is 0 Å². The Balaban J connectivity index is 1.62. The number of hydrogen-bond donors (Lipinski definition) is 0. The molecule has 22 heavy (non-hydrogen) atoms. The van der Waals surface area contributed by atoms with Crippen molar-refractivity contribution in [3.8, 4) is 22.8 Å². The summed E-state index contributed by atoms with van der Waals surface area (Å²) in [6.45, 7) is 3.17. The molecule has 1 fully saturated rings. The Labute approximate surface area is 131 Å². The maximum Gasteiger partial charge on any atom is 0.259 e. The third kappa shape index (κ3) is 2.60. The Morgan fingerprint density at radius 1 is 1.14 bits per heavy atom. The van der Waals surface area contributed by atoms with Crippen LogP contribution in [0.5, 0.6) is 0 Å². The second-order valence-corrected chi connectivity index (χ2v) is 5.72. The predicted octanol–water partition coefficient (Wildman–Crippen LogP) is 2.70. The maximum absolute atomic E-state index is 5.37. The molecule has 0 spiro atoms. The fraction of sp³-hybridized carbons (Fsp3) is 0.267. The zero-order valence-corrected chi connectivity index (χ0v) is 12.6. The number of morpholine rings is 1. The van der Waals surface area contributed by atoms with Gasteiger partial charge in [-0.25, -0.2) is 4.98 Å². The van der Waals surface area contributed by atoms with Crippen LogP contribution in [0.25, 0.3) is 22.8 Å². The van der Waals surface area contributed by atoms with Gasteiger partial charge in [0.2, 0.25) is 5.82 Å². The van der Waals surface area contributed by atoms with Crippen molar-refractivity contribution in [2.75, 3.05) is 31.2 Å². The van der Waals surface area contributed by atoms with E-state index in [1.165, 1.54) is 0 Å². The summed E-state index contributed by atoms with van der Waals surface area (Å²) in [5, 5.41) is 8.05. The molecular weight excluding hydrogens is 300 g/mol. The fourth-order valence-electron chi connectivity index (χ4n) is 2.37. The van der Waals surface area contributed by atoms with Crippen LogP contribution < -0.4 is 4.90 Å². The van der Waals surface area contributed by atoms with Crippen molar-refractivity contribution in [1.82, 2.24) is 15.1 Å². The van der Waals surface area contributed by atoms with Crippen molar-refractivity contribution in [2.45, 2.75) is 0 Å².